The van der Waals surface area contributed by atoms with E-state index in [1.807, 2.05) is 20.8 Å². The minimum absolute atomic E-state index is 0. The van der Waals surface area contributed by atoms with Crippen LogP contribution in [0.4, 0.5) is 13.2 Å². The summed E-state index contributed by atoms with van der Waals surface area (Å²) in [5.74, 6) is 0. The molecule has 0 aliphatic heterocycles. The van der Waals surface area contributed by atoms with Crippen LogP contribution in [0, 0.1) is 0 Å². The Hall–Kier alpha value is -1.31. The Bertz CT molecular complexity index is 668. The van der Waals surface area contributed by atoms with Crippen LogP contribution in [0.15, 0.2) is 30.3 Å². The number of nitrogens with one attached hydrogen (secondary N) is 1. The van der Waals surface area contributed by atoms with Crippen molar-refractivity contribution in [3.8, 4) is 0 Å². The second-order valence-electron chi connectivity index (χ2n) is 6.26. The fourth-order valence-electron chi connectivity index (χ4n) is 2.12. The van der Waals surface area contributed by atoms with E-state index in [-0.39, 0.29) is 31.3 Å². The fraction of sp³-hybridized carbons (Fsp3) is 0.438. The highest BCUT2D eigenvalue weighted by atomic mass is 32.1. The Morgan fingerprint density at radius 3 is 2.35 bits per heavy atom. The van der Waals surface area contributed by atoms with Crippen LogP contribution in [0.5, 0.6) is 0 Å². The molecule has 3 nitrogen and oxygen atoms in total. The number of alkyl halides is 3. The highest BCUT2D eigenvalue weighted by Crippen LogP contribution is 2.32. The summed E-state index contributed by atoms with van der Waals surface area (Å²) in [4.78, 5) is 3.66. The molecule has 1 heterocycles. The molecule has 23 heavy (non-hydrogen) atoms. The van der Waals surface area contributed by atoms with Crippen LogP contribution in [0.25, 0.3) is 10.8 Å². The van der Waals surface area contributed by atoms with Crippen molar-refractivity contribution in [2.75, 3.05) is 6.54 Å². The van der Waals surface area contributed by atoms with Gasteiger partial charge in [0.15, 0.2) is 0 Å². The third-order valence-corrected chi connectivity index (χ3v) is 3.20. The van der Waals surface area contributed by atoms with Crippen LogP contribution in [-0.2, 0) is 6.18 Å². The van der Waals surface area contributed by atoms with Gasteiger partial charge in [-0.1, -0.05) is 24.3 Å². The van der Waals surface area contributed by atoms with Crippen molar-refractivity contribution in [1.29, 1.82) is 0 Å². The number of aliphatic hydroxyl groups is 1. The molecule has 0 fully saturated rings. The van der Waals surface area contributed by atoms with Gasteiger partial charge in [-0.3, -0.25) is 0 Å². The zero-order valence-electron chi connectivity index (χ0n) is 13.2. The van der Waals surface area contributed by atoms with E-state index in [9.17, 15) is 18.3 Å². The van der Waals surface area contributed by atoms with Gasteiger partial charge in [-0.25, -0.2) is 4.98 Å². The first-order chi connectivity index (χ1) is 10.1. The van der Waals surface area contributed by atoms with Gasteiger partial charge in [0.2, 0.25) is 0 Å². The Morgan fingerprint density at radius 2 is 1.78 bits per heavy atom. The molecule has 1 aromatic heterocycles. The number of hydrogen-bond donors (Lipinski definition) is 2. The molecule has 0 saturated carbocycles. The largest absolute Gasteiger partial charge is 0.433 e. The van der Waals surface area contributed by atoms with E-state index in [0.717, 1.165) is 6.07 Å². The van der Waals surface area contributed by atoms with E-state index in [2.05, 4.69) is 10.3 Å². The highest BCUT2D eigenvalue weighted by molar-refractivity contribution is 7.59. The van der Waals surface area contributed by atoms with Crippen LogP contribution in [0.1, 0.15) is 38.3 Å². The van der Waals surface area contributed by atoms with Crippen molar-refractivity contribution >= 4 is 24.3 Å². The van der Waals surface area contributed by atoms with Crippen LogP contribution < -0.4 is 5.32 Å². The molecule has 2 N–H and O–H groups in total. The van der Waals surface area contributed by atoms with E-state index in [1.54, 1.807) is 24.3 Å². The highest BCUT2D eigenvalue weighted by Gasteiger charge is 2.34. The Labute approximate surface area is 140 Å². The minimum atomic E-state index is -4.55. The van der Waals surface area contributed by atoms with Gasteiger partial charge >= 0.3 is 6.18 Å². The van der Waals surface area contributed by atoms with E-state index in [4.69, 9.17) is 0 Å². The Morgan fingerprint density at radius 1 is 1.17 bits per heavy atom. The van der Waals surface area contributed by atoms with Gasteiger partial charge in [0, 0.05) is 17.5 Å². The Kier molecular flexibility index (Phi) is 6.06. The molecule has 0 unspecified atom stereocenters. The Balaban J connectivity index is 0.00000264. The first kappa shape index (κ1) is 19.7. The van der Waals surface area contributed by atoms with Crippen molar-refractivity contribution < 1.29 is 18.3 Å². The number of hydrogen-bond acceptors (Lipinski definition) is 3. The molecule has 0 aliphatic rings. The van der Waals surface area contributed by atoms with Crippen LogP contribution in [-0.4, -0.2) is 22.2 Å². The van der Waals surface area contributed by atoms with Gasteiger partial charge in [-0.05, 0) is 32.2 Å². The molecule has 0 saturated heterocycles. The summed E-state index contributed by atoms with van der Waals surface area (Å²) in [5.41, 5.74) is -1.20. The molecule has 0 spiro atoms. The SMILES string of the molecule is CC(C)(C)NC[C@H](O)c1nc(C(F)(F)F)cc2ccccc12.S. The lowest BCUT2D eigenvalue weighted by Gasteiger charge is -2.23. The molecule has 1 aromatic carbocycles. The maximum Gasteiger partial charge on any atom is 0.433 e. The number of halogens is 3. The third kappa shape index (κ3) is 5.09. The zero-order valence-corrected chi connectivity index (χ0v) is 14.2. The topological polar surface area (TPSA) is 45.1 Å². The number of pyridine rings is 1. The first-order valence-corrected chi connectivity index (χ1v) is 6.98. The maximum absolute atomic E-state index is 13.0. The van der Waals surface area contributed by atoms with Gasteiger partial charge in [0.1, 0.15) is 11.8 Å². The maximum atomic E-state index is 13.0. The number of β-amino-alcohol motifs (C(OH)–C–C–N with tert-alkyl or cyclic N) is 1. The van der Waals surface area contributed by atoms with Crippen molar-refractivity contribution in [2.24, 2.45) is 0 Å². The molecule has 2 rings (SSSR count). The quantitative estimate of drug-likeness (QED) is 0.889. The van der Waals surface area contributed by atoms with Crippen molar-refractivity contribution in [3.05, 3.63) is 41.7 Å². The second-order valence-corrected chi connectivity index (χ2v) is 6.26. The molecule has 0 bridgehead atoms. The van der Waals surface area contributed by atoms with Gasteiger partial charge in [-0.2, -0.15) is 26.7 Å². The summed E-state index contributed by atoms with van der Waals surface area (Å²) in [6.45, 7) is 5.87. The number of nitrogens with zero attached hydrogens (tertiary/aromatic N) is 1. The summed E-state index contributed by atoms with van der Waals surface area (Å²) in [7, 11) is 0. The third-order valence-electron chi connectivity index (χ3n) is 3.20. The predicted molar refractivity (Wildman–Crippen MR) is 89.8 cm³/mol. The molecule has 0 radical (unpaired) electrons. The zero-order chi connectivity index (χ0) is 16.5. The number of benzene rings is 1. The van der Waals surface area contributed by atoms with Gasteiger partial charge in [-0.15, -0.1) is 0 Å². The fourth-order valence-corrected chi connectivity index (χ4v) is 2.12. The number of aliphatic hydroxyl groups excluding tert-OH is 1. The van der Waals surface area contributed by atoms with Crippen molar-refractivity contribution in [3.63, 3.8) is 0 Å². The van der Waals surface area contributed by atoms with E-state index >= 15 is 0 Å². The molecule has 1 atom stereocenters. The summed E-state index contributed by atoms with van der Waals surface area (Å²) in [6.07, 6.45) is -5.66. The van der Waals surface area contributed by atoms with Gasteiger partial charge in [0.25, 0.3) is 0 Å². The lowest BCUT2D eigenvalue weighted by molar-refractivity contribution is -0.141. The van der Waals surface area contributed by atoms with Crippen LogP contribution in [0.2, 0.25) is 0 Å². The number of rotatable bonds is 3. The normalized spacial score (nSPS) is 13.7. The predicted octanol–water partition coefficient (Wildman–Crippen LogP) is 3.79. The second kappa shape index (κ2) is 7.07. The van der Waals surface area contributed by atoms with Crippen LogP contribution >= 0.6 is 13.5 Å². The molecule has 128 valence electrons. The van der Waals surface area contributed by atoms with E-state index in [0.29, 0.717) is 10.8 Å². The summed E-state index contributed by atoms with van der Waals surface area (Å²) >= 11 is 0. The number of fused-ring (bicyclic) bond motifs is 1. The minimum Gasteiger partial charge on any atom is -0.385 e. The van der Waals surface area contributed by atoms with E-state index < -0.39 is 18.0 Å². The molecule has 2 aromatic rings. The summed E-state index contributed by atoms with van der Waals surface area (Å²) in [6, 6.07) is 7.62. The van der Waals surface area contributed by atoms with Crippen LogP contribution in [0.3, 0.4) is 0 Å². The van der Waals surface area contributed by atoms with Crippen molar-refractivity contribution in [2.45, 2.75) is 38.6 Å². The van der Waals surface area contributed by atoms with E-state index in [1.165, 1.54) is 0 Å². The monoisotopic (exact) mass is 346 g/mol. The van der Waals surface area contributed by atoms with Crippen molar-refractivity contribution in [1.82, 2.24) is 10.3 Å². The first-order valence-electron chi connectivity index (χ1n) is 6.98. The van der Waals surface area contributed by atoms with Gasteiger partial charge in [0.05, 0.1) is 5.69 Å². The average Bonchev–Trinajstić information content (AvgIpc) is 2.41. The molecular formula is C16H21F3N2OS. The molecule has 7 heteroatoms. The summed E-state index contributed by atoms with van der Waals surface area (Å²) in [5, 5.41) is 14.3. The average molecular weight is 346 g/mol. The summed E-state index contributed by atoms with van der Waals surface area (Å²) < 4.78 is 38.9. The molecule has 0 amide bonds. The number of aromatic nitrogens is 1. The molecular weight excluding hydrogens is 325 g/mol. The lowest BCUT2D eigenvalue weighted by Crippen LogP contribution is -2.38. The standard InChI is InChI=1S/C16H19F3N2O.H2S/c1-15(2,3)20-9-12(22)14-11-7-5-4-6-10(11)8-13(21-14)16(17,18)19;/h4-8,12,20,22H,9H2,1-3H3;1H2/t12-;/m0./s1. The van der Waals surface area contributed by atoms with Gasteiger partial charge < -0.3 is 10.4 Å². The smallest absolute Gasteiger partial charge is 0.385 e. The molecule has 0 aliphatic carbocycles. The lowest BCUT2D eigenvalue weighted by atomic mass is 10.0.